The van der Waals surface area contributed by atoms with Crippen LogP contribution in [0.5, 0.6) is 17.2 Å². The van der Waals surface area contributed by atoms with Gasteiger partial charge in [-0.05, 0) is 100.0 Å². The highest BCUT2D eigenvalue weighted by atomic mass is 127. The Morgan fingerprint density at radius 2 is 1.12 bits per heavy atom. The van der Waals surface area contributed by atoms with Crippen molar-refractivity contribution in [1.82, 2.24) is 0 Å². The number of carboxylic acid groups (broad SMARTS) is 1. The Hall–Kier alpha value is -2.74. The van der Waals surface area contributed by atoms with Gasteiger partial charge in [-0.1, -0.05) is 0 Å². The zero-order valence-corrected chi connectivity index (χ0v) is 21.0. The van der Waals surface area contributed by atoms with E-state index in [4.69, 9.17) is 14.2 Å². The summed E-state index contributed by atoms with van der Waals surface area (Å²) in [7, 11) is 0. The van der Waals surface area contributed by atoms with E-state index >= 15 is 0 Å². The molecule has 0 aliphatic carbocycles. The third-order valence-electron chi connectivity index (χ3n) is 4.20. The van der Waals surface area contributed by atoms with Gasteiger partial charge in [0, 0.05) is 5.56 Å². The van der Waals surface area contributed by atoms with E-state index < -0.39 is 5.97 Å². The van der Waals surface area contributed by atoms with Gasteiger partial charge in [-0.3, -0.25) is 0 Å². The second-order valence-corrected chi connectivity index (χ2v) is 9.60. The predicted molar refractivity (Wildman–Crippen MR) is 119 cm³/mol. The van der Waals surface area contributed by atoms with Crippen LogP contribution in [0.1, 0.15) is 36.7 Å². The van der Waals surface area contributed by atoms with Crippen molar-refractivity contribution >= 4 is 5.97 Å². The maximum Gasteiger partial charge on any atom is 0.357 e. The highest BCUT2D eigenvalue weighted by molar-refractivity contribution is 5.87. The molecule has 0 atom stereocenters. The quantitative estimate of drug-likeness (QED) is 0.378. The lowest BCUT2D eigenvalue weighted by molar-refractivity contribution is -0.597. The van der Waals surface area contributed by atoms with Crippen LogP contribution in [0, 0.1) is 14.1 Å². The molecule has 0 unspecified atom stereocenters. The molecule has 3 aromatic rings. The molecule has 0 saturated heterocycles. The van der Waals surface area contributed by atoms with Gasteiger partial charge in [-0.25, -0.2) is 0 Å². The van der Waals surface area contributed by atoms with Gasteiger partial charge in [0.15, 0.2) is 7.14 Å². The van der Waals surface area contributed by atoms with Crippen molar-refractivity contribution < 1.29 is 45.3 Å². The molecule has 170 valence electrons. The monoisotopic (exact) mass is 548 g/mol. The fourth-order valence-corrected chi connectivity index (χ4v) is 4.93. The van der Waals surface area contributed by atoms with E-state index in [-0.39, 0.29) is 26.8 Å². The molecule has 3 aromatic carbocycles. The van der Waals surface area contributed by atoms with Crippen LogP contribution in [-0.2, 0) is 0 Å². The molecule has 0 amide bonds. The first-order valence-electron chi connectivity index (χ1n) is 10.5. The molecule has 0 N–H and O–H groups in total. The smallest absolute Gasteiger partial charge is 0.357 e. The first-order valence-corrected chi connectivity index (χ1v) is 12.7. The Kier molecular flexibility index (Phi) is 10.9. The van der Waals surface area contributed by atoms with Gasteiger partial charge in [0.2, 0.25) is 0 Å². The van der Waals surface area contributed by atoms with Crippen LogP contribution in [0.4, 0.5) is 0 Å². The van der Waals surface area contributed by atoms with Crippen LogP contribution in [0.3, 0.4) is 0 Å². The van der Waals surface area contributed by atoms with E-state index in [0.717, 1.165) is 11.5 Å². The molecule has 32 heavy (non-hydrogen) atoms. The van der Waals surface area contributed by atoms with E-state index in [2.05, 4.69) is 24.3 Å². The summed E-state index contributed by atoms with van der Waals surface area (Å²) in [6.07, 6.45) is 0. The molecule has 0 heterocycles. The van der Waals surface area contributed by atoms with Crippen LogP contribution < -0.4 is 40.5 Å². The Bertz CT molecular complexity index is 921. The summed E-state index contributed by atoms with van der Waals surface area (Å²) in [5.74, 6) is 1.43. The van der Waals surface area contributed by atoms with Crippen LogP contribution in [-0.4, -0.2) is 25.8 Å². The molecule has 0 aliphatic rings. The Balaban J connectivity index is 0.000000244. The molecule has 0 bridgehead atoms. The summed E-state index contributed by atoms with van der Waals surface area (Å²) in [5, 5.41) is 10.5. The van der Waals surface area contributed by atoms with E-state index in [9.17, 15) is 9.90 Å². The van der Waals surface area contributed by atoms with Crippen LogP contribution in [0.2, 0.25) is 0 Å². The van der Waals surface area contributed by atoms with Crippen molar-refractivity contribution in [3.8, 4) is 17.2 Å². The third-order valence-corrected chi connectivity index (χ3v) is 6.88. The standard InChI is InChI=1S/C16H18IO2.C10H12O3/c1-3-18-15-9-5-13(6-10-15)17-14-7-11-16(12-8-14)19-4-2;1-3-13-8-4-5-9(10(11)12)7(2)6-8/h5-12H,3-4H2,1-2H3;4-6H,3H2,1-2H3,(H,11,12)/q+1;/p-1. The number of ether oxygens (including phenoxy) is 3. The molecule has 5 nitrogen and oxygen atoms in total. The number of benzene rings is 3. The Morgan fingerprint density at radius 1 is 0.719 bits per heavy atom. The summed E-state index contributed by atoms with van der Waals surface area (Å²) in [4.78, 5) is 10.5. The Labute approximate surface area is 200 Å². The van der Waals surface area contributed by atoms with Gasteiger partial charge in [-0.15, -0.1) is 0 Å². The normalized spacial score (nSPS) is 10.0. The minimum absolute atomic E-state index is 0.128. The summed E-state index contributed by atoms with van der Waals surface area (Å²) in [5.41, 5.74) is 0.870. The predicted octanol–water partition coefficient (Wildman–Crippen LogP) is 1.37. The lowest BCUT2D eigenvalue weighted by Crippen LogP contribution is -3.61. The van der Waals surface area contributed by atoms with Gasteiger partial charge < -0.3 is 24.1 Å². The second kappa shape index (κ2) is 13.6. The number of carbonyl (C=O) groups excluding carboxylic acids is 1. The summed E-state index contributed by atoms with van der Waals surface area (Å²) >= 11 is -0.128. The SMILES string of the molecule is CCOc1ccc(C(=O)[O-])c(C)c1.CCOc1ccc([I+]c2ccc(OCC)cc2)cc1. The van der Waals surface area contributed by atoms with Gasteiger partial charge in [-0.2, -0.15) is 0 Å². The van der Waals surface area contributed by atoms with Crippen molar-refractivity contribution in [3.05, 3.63) is 85.0 Å². The van der Waals surface area contributed by atoms with Gasteiger partial charge >= 0.3 is 21.2 Å². The number of rotatable bonds is 9. The van der Waals surface area contributed by atoms with E-state index in [1.807, 2.05) is 45.0 Å². The lowest BCUT2D eigenvalue weighted by Gasteiger charge is -2.09. The van der Waals surface area contributed by atoms with Crippen molar-refractivity contribution in [2.75, 3.05) is 19.8 Å². The number of hydrogen-bond donors (Lipinski definition) is 0. The van der Waals surface area contributed by atoms with Crippen molar-refractivity contribution in [1.29, 1.82) is 0 Å². The van der Waals surface area contributed by atoms with Crippen LogP contribution in [0.25, 0.3) is 0 Å². The molecule has 0 fully saturated rings. The minimum atomic E-state index is -1.15. The van der Waals surface area contributed by atoms with Crippen molar-refractivity contribution in [3.63, 3.8) is 0 Å². The number of carbonyl (C=O) groups is 1. The fourth-order valence-electron chi connectivity index (χ4n) is 2.77. The summed E-state index contributed by atoms with van der Waals surface area (Å²) in [6.45, 7) is 9.60. The largest absolute Gasteiger partial charge is 0.545 e. The summed E-state index contributed by atoms with van der Waals surface area (Å²) < 4.78 is 18.9. The molecule has 0 aromatic heterocycles. The minimum Gasteiger partial charge on any atom is -0.545 e. The molecule has 0 spiro atoms. The van der Waals surface area contributed by atoms with Crippen LogP contribution >= 0.6 is 0 Å². The van der Waals surface area contributed by atoms with E-state index in [0.29, 0.717) is 31.1 Å². The first-order chi connectivity index (χ1) is 15.5. The molecule has 0 radical (unpaired) electrons. The van der Waals surface area contributed by atoms with E-state index in [1.165, 1.54) is 13.2 Å². The number of hydrogen-bond acceptors (Lipinski definition) is 5. The fraction of sp³-hybridized carbons (Fsp3) is 0.269. The number of aryl methyl sites for hydroxylation is 1. The lowest BCUT2D eigenvalue weighted by atomic mass is 10.1. The number of aromatic carboxylic acids is 1. The number of carboxylic acids is 1. The van der Waals surface area contributed by atoms with Gasteiger partial charge in [0.1, 0.15) is 17.2 Å². The molecule has 0 aliphatic heterocycles. The molecule has 0 saturated carbocycles. The average molecular weight is 548 g/mol. The maximum absolute atomic E-state index is 10.5. The maximum atomic E-state index is 10.5. The van der Waals surface area contributed by atoms with Crippen molar-refractivity contribution in [2.24, 2.45) is 0 Å². The number of halogens is 1. The topological polar surface area (TPSA) is 67.8 Å². The highest BCUT2D eigenvalue weighted by Crippen LogP contribution is 2.16. The summed E-state index contributed by atoms with van der Waals surface area (Å²) in [6, 6.07) is 21.7. The van der Waals surface area contributed by atoms with Gasteiger partial charge in [0.05, 0.1) is 25.8 Å². The molecular weight excluding hydrogens is 519 g/mol. The average Bonchev–Trinajstić information content (AvgIpc) is 2.77. The second-order valence-electron chi connectivity index (χ2n) is 6.57. The Morgan fingerprint density at radius 3 is 1.50 bits per heavy atom. The van der Waals surface area contributed by atoms with Crippen molar-refractivity contribution in [2.45, 2.75) is 27.7 Å². The zero-order chi connectivity index (χ0) is 23.3. The van der Waals surface area contributed by atoms with Gasteiger partial charge in [0.25, 0.3) is 0 Å². The molecule has 6 heteroatoms. The van der Waals surface area contributed by atoms with E-state index in [1.54, 1.807) is 19.1 Å². The molecule has 3 rings (SSSR count). The van der Waals surface area contributed by atoms with Crippen LogP contribution in [0.15, 0.2) is 66.7 Å². The molecular formula is C26H29IO5. The highest BCUT2D eigenvalue weighted by Gasteiger charge is 2.15. The first kappa shape index (κ1) is 25.5. The zero-order valence-electron chi connectivity index (χ0n) is 18.9. The third kappa shape index (κ3) is 8.42.